The lowest BCUT2D eigenvalue weighted by Crippen LogP contribution is -2.40. The lowest BCUT2D eigenvalue weighted by atomic mass is 9.88. The van der Waals surface area contributed by atoms with Crippen LogP contribution in [0.15, 0.2) is 30.3 Å². The van der Waals surface area contributed by atoms with Gasteiger partial charge in [-0.2, -0.15) is 0 Å². The molecule has 2 aromatic rings. The Hall–Kier alpha value is -2.51. The van der Waals surface area contributed by atoms with Gasteiger partial charge in [0.05, 0.1) is 20.5 Å². The summed E-state index contributed by atoms with van der Waals surface area (Å²) in [4.78, 5) is 37.2. The van der Waals surface area contributed by atoms with Crippen LogP contribution in [-0.4, -0.2) is 34.6 Å². The summed E-state index contributed by atoms with van der Waals surface area (Å²) < 4.78 is 14.0. The first-order chi connectivity index (χ1) is 13.7. The zero-order chi connectivity index (χ0) is 21.3. The molecule has 0 radical (unpaired) electrons. The molecule has 2 aromatic carbocycles. The Morgan fingerprint density at radius 3 is 2.34 bits per heavy atom. The minimum absolute atomic E-state index is 0.0749. The van der Waals surface area contributed by atoms with Gasteiger partial charge in [-0.05, 0) is 44.0 Å². The molecule has 0 atom stereocenters. The van der Waals surface area contributed by atoms with Crippen LogP contribution in [0.1, 0.15) is 39.1 Å². The fourth-order valence-corrected chi connectivity index (χ4v) is 3.69. The summed E-state index contributed by atoms with van der Waals surface area (Å²) in [6.07, 6.45) is 0.864. The quantitative estimate of drug-likeness (QED) is 0.378. The van der Waals surface area contributed by atoms with E-state index in [2.05, 4.69) is 0 Å². The highest BCUT2D eigenvalue weighted by molar-refractivity contribution is 6.42. The van der Waals surface area contributed by atoms with E-state index in [1.165, 1.54) is 17.9 Å². The third-order valence-electron chi connectivity index (χ3n) is 5.12. The molecule has 6 nitrogen and oxygen atoms in total. The molecule has 0 aromatic heterocycles. The first-order valence-corrected chi connectivity index (χ1v) is 9.67. The number of halogens is 3. The van der Waals surface area contributed by atoms with Crippen LogP contribution in [-0.2, 0) is 0 Å². The van der Waals surface area contributed by atoms with E-state index in [1.54, 1.807) is 12.1 Å². The molecule has 3 rings (SSSR count). The number of nitro groups is 1. The van der Waals surface area contributed by atoms with E-state index in [-0.39, 0.29) is 22.8 Å². The average Bonchev–Trinajstić information content (AvgIpc) is 2.70. The largest absolute Gasteiger partial charge is 0.339 e. The number of benzene rings is 2. The molecule has 1 aliphatic rings. The van der Waals surface area contributed by atoms with Gasteiger partial charge >= 0.3 is 0 Å². The van der Waals surface area contributed by atoms with E-state index in [1.807, 2.05) is 0 Å². The lowest BCUT2D eigenvalue weighted by Gasteiger charge is -2.31. The number of hydrogen-bond acceptors (Lipinski definition) is 4. The molecule has 9 heteroatoms. The highest BCUT2D eigenvalue weighted by Crippen LogP contribution is 2.28. The number of nitro benzene ring substituents is 1. The first-order valence-electron chi connectivity index (χ1n) is 8.92. The number of Topliss-reactive ketones (excluding diaryl/α,β-unsaturated/α-hetero) is 1. The van der Waals surface area contributed by atoms with Crippen LogP contribution in [0.25, 0.3) is 0 Å². The van der Waals surface area contributed by atoms with Crippen LogP contribution >= 0.6 is 23.2 Å². The van der Waals surface area contributed by atoms with E-state index < -0.39 is 22.3 Å². The second kappa shape index (κ2) is 8.47. The Labute approximate surface area is 176 Å². The summed E-state index contributed by atoms with van der Waals surface area (Å²) in [5, 5.41) is 11.7. The highest BCUT2D eigenvalue weighted by atomic mass is 35.5. The maximum absolute atomic E-state index is 14.0. The van der Waals surface area contributed by atoms with Crippen molar-refractivity contribution >= 4 is 40.6 Å². The molecular formula is C20H17Cl2FN2O4. The number of carbonyl (C=O) groups excluding carboxylic acids is 2. The van der Waals surface area contributed by atoms with Gasteiger partial charge in [0.1, 0.15) is 5.82 Å². The fraction of sp³-hybridized carbons (Fsp3) is 0.300. The topological polar surface area (TPSA) is 80.5 Å². The van der Waals surface area contributed by atoms with E-state index in [9.17, 15) is 24.1 Å². The SMILES string of the molecule is Cc1c(F)cc(C(=O)N2CCC(C(=O)c3ccc(Cl)c(Cl)c3)CC2)cc1[N+](=O)[O-]. The molecule has 1 fully saturated rings. The molecule has 29 heavy (non-hydrogen) atoms. The molecule has 152 valence electrons. The number of hydrogen-bond donors (Lipinski definition) is 0. The van der Waals surface area contributed by atoms with Gasteiger partial charge in [-0.15, -0.1) is 0 Å². The van der Waals surface area contributed by atoms with Crippen LogP contribution in [0.2, 0.25) is 10.0 Å². The third kappa shape index (κ3) is 4.41. The average molecular weight is 439 g/mol. The standard InChI is InChI=1S/C20H17Cl2FN2O4/c1-11-17(23)9-14(10-18(11)25(28)29)20(27)24-6-4-12(5-7-24)19(26)13-2-3-15(21)16(22)8-13/h2-3,8-10,12H,4-7H2,1H3. The van der Waals surface area contributed by atoms with Crippen molar-refractivity contribution in [3.63, 3.8) is 0 Å². The predicted octanol–water partition coefficient (Wildman–Crippen LogP) is 5.08. The number of likely N-dealkylation sites (tertiary alicyclic amines) is 1. The van der Waals surface area contributed by atoms with Crippen molar-refractivity contribution in [2.75, 3.05) is 13.1 Å². The maximum atomic E-state index is 14.0. The van der Waals surface area contributed by atoms with Crippen molar-refractivity contribution in [2.45, 2.75) is 19.8 Å². The first kappa shape index (κ1) is 21.2. The van der Waals surface area contributed by atoms with Gasteiger partial charge in [0.2, 0.25) is 0 Å². The molecule has 0 spiro atoms. The zero-order valence-corrected chi connectivity index (χ0v) is 17.0. The fourth-order valence-electron chi connectivity index (χ4n) is 3.39. The van der Waals surface area contributed by atoms with Crippen LogP contribution in [0.5, 0.6) is 0 Å². The number of piperidine rings is 1. The van der Waals surface area contributed by atoms with Crippen LogP contribution in [0.4, 0.5) is 10.1 Å². The Morgan fingerprint density at radius 2 is 1.76 bits per heavy atom. The second-order valence-electron chi connectivity index (χ2n) is 6.92. The van der Waals surface area contributed by atoms with Gasteiger partial charge in [-0.3, -0.25) is 19.7 Å². The normalized spacial score (nSPS) is 14.7. The number of ketones is 1. The molecule has 0 bridgehead atoms. The van der Waals surface area contributed by atoms with Gasteiger partial charge < -0.3 is 4.90 Å². The molecular weight excluding hydrogens is 422 g/mol. The van der Waals surface area contributed by atoms with Gasteiger partial charge in [0, 0.05) is 36.2 Å². The third-order valence-corrected chi connectivity index (χ3v) is 5.86. The molecule has 1 saturated heterocycles. The Balaban J connectivity index is 1.70. The Kier molecular flexibility index (Phi) is 6.19. The summed E-state index contributed by atoms with van der Waals surface area (Å²) in [6.45, 7) is 1.88. The Morgan fingerprint density at radius 1 is 1.10 bits per heavy atom. The van der Waals surface area contributed by atoms with E-state index in [0.29, 0.717) is 41.5 Å². The van der Waals surface area contributed by atoms with E-state index >= 15 is 0 Å². The van der Waals surface area contributed by atoms with Gasteiger partial charge in [0.25, 0.3) is 11.6 Å². The van der Waals surface area contributed by atoms with E-state index in [4.69, 9.17) is 23.2 Å². The van der Waals surface area contributed by atoms with Crippen LogP contribution in [0, 0.1) is 28.8 Å². The molecule has 0 saturated carbocycles. The van der Waals surface area contributed by atoms with Gasteiger partial charge in [-0.25, -0.2) is 4.39 Å². The minimum atomic E-state index is -0.799. The molecule has 1 amide bonds. The summed E-state index contributed by atoms with van der Waals surface area (Å²) in [5.41, 5.74) is -0.162. The molecule has 0 unspecified atom stereocenters. The highest BCUT2D eigenvalue weighted by Gasteiger charge is 2.30. The maximum Gasteiger partial charge on any atom is 0.276 e. The number of amides is 1. The van der Waals surface area contributed by atoms with Gasteiger partial charge in [-0.1, -0.05) is 23.2 Å². The summed E-state index contributed by atoms with van der Waals surface area (Å²) in [6, 6.07) is 6.81. The second-order valence-corrected chi connectivity index (χ2v) is 7.73. The number of carbonyl (C=O) groups is 2. The molecule has 0 aliphatic carbocycles. The van der Waals surface area contributed by atoms with Crippen molar-refractivity contribution in [1.82, 2.24) is 4.90 Å². The lowest BCUT2D eigenvalue weighted by molar-refractivity contribution is -0.385. The van der Waals surface area contributed by atoms with Crippen molar-refractivity contribution in [1.29, 1.82) is 0 Å². The minimum Gasteiger partial charge on any atom is -0.339 e. The van der Waals surface area contributed by atoms with Crippen molar-refractivity contribution < 1.29 is 18.9 Å². The van der Waals surface area contributed by atoms with Crippen LogP contribution in [0.3, 0.4) is 0 Å². The predicted molar refractivity (Wildman–Crippen MR) is 107 cm³/mol. The van der Waals surface area contributed by atoms with Crippen LogP contribution < -0.4 is 0 Å². The molecule has 1 aliphatic heterocycles. The van der Waals surface area contributed by atoms with Gasteiger partial charge in [0.15, 0.2) is 5.78 Å². The van der Waals surface area contributed by atoms with Crippen molar-refractivity contribution in [3.8, 4) is 0 Å². The number of rotatable bonds is 4. The van der Waals surface area contributed by atoms with Crippen molar-refractivity contribution in [2.24, 2.45) is 5.92 Å². The number of nitrogens with zero attached hydrogens (tertiary/aromatic N) is 2. The monoisotopic (exact) mass is 438 g/mol. The summed E-state index contributed by atoms with van der Waals surface area (Å²) in [7, 11) is 0. The molecule has 1 heterocycles. The smallest absolute Gasteiger partial charge is 0.276 e. The zero-order valence-electron chi connectivity index (χ0n) is 15.5. The Bertz CT molecular complexity index is 1000. The summed E-state index contributed by atoms with van der Waals surface area (Å²) in [5.74, 6) is -1.65. The van der Waals surface area contributed by atoms with Crippen molar-refractivity contribution in [3.05, 3.63) is 73.0 Å². The summed E-state index contributed by atoms with van der Waals surface area (Å²) >= 11 is 11.9. The molecule has 0 N–H and O–H groups in total. The van der Waals surface area contributed by atoms with E-state index in [0.717, 1.165) is 12.1 Å².